The summed E-state index contributed by atoms with van der Waals surface area (Å²) in [6, 6.07) is 13.8. The van der Waals surface area contributed by atoms with Gasteiger partial charge in [0.15, 0.2) is 5.69 Å². The van der Waals surface area contributed by atoms with Crippen LogP contribution >= 0.6 is 0 Å². The molecule has 1 amide bonds. The fourth-order valence-electron chi connectivity index (χ4n) is 3.59. The number of amides is 1. The van der Waals surface area contributed by atoms with E-state index in [0.29, 0.717) is 49.2 Å². The fourth-order valence-corrected chi connectivity index (χ4v) is 3.59. The number of piperazine rings is 1. The molecule has 1 aromatic heterocycles. The van der Waals surface area contributed by atoms with Gasteiger partial charge in [0.25, 0.3) is 5.91 Å². The minimum absolute atomic E-state index is 0.0521. The Balaban J connectivity index is 1.49. The van der Waals surface area contributed by atoms with Crippen molar-refractivity contribution in [2.75, 3.05) is 26.2 Å². The van der Waals surface area contributed by atoms with Crippen LogP contribution in [0.5, 0.6) is 0 Å². The molecule has 2 heterocycles. The number of halogens is 1. The molecule has 0 aliphatic carbocycles. The Labute approximate surface area is 161 Å². The summed E-state index contributed by atoms with van der Waals surface area (Å²) in [5, 5.41) is 4.71. The van der Waals surface area contributed by atoms with Crippen LogP contribution in [0.3, 0.4) is 0 Å². The van der Waals surface area contributed by atoms with E-state index in [1.165, 1.54) is 6.07 Å². The summed E-state index contributed by atoms with van der Waals surface area (Å²) in [7, 11) is 1.73. The Hall–Kier alpha value is -3.06. The van der Waals surface area contributed by atoms with Crippen molar-refractivity contribution in [1.82, 2.24) is 19.6 Å². The van der Waals surface area contributed by atoms with Crippen molar-refractivity contribution >= 4 is 16.8 Å². The molecule has 144 valence electrons. The number of hydrogen-bond acceptors (Lipinski definition) is 4. The highest BCUT2D eigenvalue weighted by atomic mass is 19.1. The first-order chi connectivity index (χ1) is 13.5. The second-order valence-corrected chi connectivity index (χ2v) is 6.98. The maximum Gasteiger partial charge on any atom is 0.278 e. The molecule has 1 aliphatic heterocycles. The third-order valence-electron chi connectivity index (χ3n) is 5.18. The van der Waals surface area contributed by atoms with Gasteiger partial charge in [0.05, 0.1) is 5.52 Å². The summed E-state index contributed by atoms with van der Waals surface area (Å²) in [6.07, 6.45) is 0. The molecular weight excluding hydrogens is 359 g/mol. The number of hydrogen-bond donors (Lipinski definition) is 0. The van der Waals surface area contributed by atoms with Crippen LogP contribution in [0.15, 0.2) is 53.3 Å². The van der Waals surface area contributed by atoms with Gasteiger partial charge in [0.1, 0.15) is 5.82 Å². The standard InChI is InChI=1S/C21H21FN4O2/c1-24-18-9-5-3-7-16(18)20(27)19(23-24)21(28)26-12-10-25(11-13-26)14-15-6-2-4-8-17(15)22/h2-9H,10-14H2,1H3. The van der Waals surface area contributed by atoms with Crippen molar-refractivity contribution in [1.29, 1.82) is 0 Å². The Morgan fingerprint density at radius 3 is 2.46 bits per heavy atom. The lowest BCUT2D eigenvalue weighted by Gasteiger charge is -2.34. The SMILES string of the molecule is Cn1nc(C(=O)N2CCN(Cc3ccccc3F)CC2)c(=O)c2ccccc21. The van der Waals surface area contributed by atoms with Crippen LogP contribution in [0.4, 0.5) is 4.39 Å². The van der Waals surface area contributed by atoms with Gasteiger partial charge in [-0.2, -0.15) is 5.10 Å². The molecule has 0 spiro atoms. The number of aryl methyl sites for hydroxylation is 1. The maximum atomic E-state index is 13.8. The molecular formula is C21H21FN4O2. The molecule has 28 heavy (non-hydrogen) atoms. The quantitative estimate of drug-likeness (QED) is 0.698. The summed E-state index contributed by atoms with van der Waals surface area (Å²) in [4.78, 5) is 29.4. The first-order valence-electron chi connectivity index (χ1n) is 9.25. The van der Waals surface area contributed by atoms with E-state index in [9.17, 15) is 14.0 Å². The van der Waals surface area contributed by atoms with Crippen molar-refractivity contribution in [3.8, 4) is 0 Å². The maximum absolute atomic E-state index is 13.8. The Morgan fingerprint density at radius 2 is 1.71 bits per heavy atom. The molecule has 0 unspecified atom stereocenters. The molecule has 0 bridgehead atoms. The summed E-state index contributed by atoms with van der Waals surface area (Å²) in [5.74, 6) is -0.568. The van der Waals surface area contributed by atoms with Crippen molar-refractivity contribution in [2.24, 2.45) is 7.05 Å². The lowest BCUT2D eigenvalue weighted by Crippen LogP contribution is -2.49. The number of fused-ring (bicyclic) bond motifs is 1. The van der Waals surface area contributed by atoms with Crippen LogP contribution in [0.1, 0.15) is 16.1 Å². The van der Waals surface area contributed by atoms with E-state index in [0.717, 1.165) is 0 Å². The number of nitrogens with zero attached hydrogens (tertiary/aromatic N) is 4. The van der Waals surface area contributed by atoms with Gasteiger partial charge < -0.3 is 4.90 Å². The molecule has 6 nitrogen and oxygen atoms in total. The van der Waals surface area contributed by atoms with E-state index >= 15 is 0 Å². The summed E-state index contributed by atoms with van der Waals surface area (Å²) < 4.78 is 15.4. The highest BCUT2D eigenvalue weighted by Gasteiger charge is 2.26. The number of benzene rings is 2. The molecule has 1 saturated heterocycles. The van der Waals surface area contributed by atoms with Gasteiger partial charge in [-0.1, -0.05) is 30.3 Å². The normalized spacial score (nSPS) is 15.1. The second kappa shape index (κ2) is 7.52. The summed E-state index contributed by atoms with van der Waals surface area (Å²) in [6.45, 7) is 2.70. The lowest BCUT2D eigenvalue weighted by atomic mass is 10.1. The van der Waals surface area contributed by atoms with Crippen LogP contribution in [0.25, 0.3) is 10.9 Å². The predicted octanol–water partition coefficient (Wildman–Crippen LogP) is 2.03. The number of rotatable bonds is 3. The van der Waals surface area contributed by atoms with E-state index in [1.54, 1.807) is 47.0 Å². The van der Waals surface area contributed by atoms with Gasteiger partial charge in [0, 0.05) is 50.7 Å². The minimum Gasteiger partial charge on any atom is -0.335 e. The third kappa shape index (κ3) is 3.41. The Kier molecular flexibility index (Phi) is 4.92. The number of carbonyl (C=O) groups excluding carboxylic acids is 1. The average Bonchev–Trinajstić information content (AvgIpc) is 2.72. The summed E-state index contributed by atoms with van der Waals surface area (Å²) in [5.41, 5.74) is 0.947. The van der Waals surface area contributed by atoms with Gasteiger partial charge in [-0.25, -0.2) is 4.39 Å². The molecule has 3 aromatic rings. The van der Waals surface area contributed by atoms with Crippen LogP contribution in [-0.2, 0) is 13.6 Å². The van der Waals surface area contributed by atoms with Gasteiger partial charge in [-0.15, -0.1) is 0 Å². The predicted molar refractivity (Wildman–Crippen MR) is 105 cm³/mol. The van der Waals surface area contributed by atoms with E-state index in [1.807, 2.05) is 12.1 Å². The van der Waals surface area contributed by atoms with Crippen LogP contribution in [-0.4, -0.2) is 51.7 Å². The smallest absolute Gasteiger partial charge is 0.278 e. The number of aromatic nitrogens is 2. The van der Waals surface area contributed by atoms with Crippen molar-refractivity contribution in [2.45, 2.75) is 6.54 Å². The fraction of sp³-hybridized carbons (Fsp3) is 0.286. The van der Waals surface area contributed by atoms with E-state index in [4.69, 9.17) is 0 Å². The highest BCUT2D eigenvalue weighted by Crippen LogP contribution is 2.14. The van der Waals surface area contributed by atoms with Gasteiger partial charge in [-0.05, 0) is 18.2 Å². The molecule has 0 radical (unpaired) electrons. The van der Waals surface area contributed by atoms with Gasteiger partial charge in [-0.3, -0.25) is 19.2 Å². The van der Waals surface area contributed by atoms with Crippen molar-refractivity contribution in [3.63, 3.8) is 0 Å². The van der Waals surface area contributed by atoms with E-state index < -0.39 is 0 Å². The molecule has 7 heteroatoms. The molecule has 1 aliphatic rings. The monoisotopic (exact) mass is 380 g/mol. The van der Waals surface area contributed by atoms with Crippen LogP contribution in [0.2, 0.25) is 0 Å². The Bertz CT molecular complexity index is 1090. The first-order valence-corrected chi connectivity index (χ1v) is 9.25. The van der Waals surface area contributed by atoms with E-state index in [2.05, 4.69) is 10.00 Å². The number of carbonyl (C=O) groups is 1. The van der Waals surface area contributed by atoms with Crippen molar-refractivity contribution < 1.29 is 9.18 Å². The molecule has 2 aromatic carbocycles. The molecule has 0 N–H and O–H groups in total. The molecule has 0 atom stereocenters. The van der Waals surface area contributed by atoms with Crippen molar-refractivity contribution in [3.05, 3.63) is 75.8 Å². The summed E-state index contributed by atoms with van der Waals surface area (Å²) >= 11 is 0. The molecule has 4 rings (SSSR count). The zero-order valence-corrected chi connectivity index (χ0v) is 15.6. The zero-order valence-electron chi connectivity index (χ0n) is 15.6. The largest absolute Gasteiger partial charge is 0.335 e. The topological polar surface area (TPSA) is 58.4 Å². The average molecular weight is 380 g/mol. The third-order valence-corrected chi connectivity index (χ3v) is 5.18. The number of para-hydroxylation sites is 1. The first kappa shape index (κ1) is 18.3. The molecule has 0 saturated carbocycles. The van der Waals surface area contributed by atoms with E-state index in [-0.39, 0.29) is 22.8 Å². The Morgan fingerprint density at radius 1 is 1.04 bits per heavy atom. The van der Waals surface area contributed by atoms with Gasteiger partial charge in [0.2, 0.25) is 5.43 Å². The van der Waals surface area contributed by atoms with Crippen LogP contribution in [0, 0.1) is 5.82 Å². The minimum atomic E-state index is -0.350. The van der Waals surface area contributed by atoms with Crippen LogP contribution < -0.4 is 5.43 Å². The van der Waals surface area contributed by atoms with Gasteiger partial charge >= 0.3 is 0 Å². The second-order valence-electron chi connectivity index (χ2n) is 6.98. The highest BCUT2D eigenvalue weighted by molar-refractivity contribution is 5.95. The lowest BCUT2D eigenvalue weighted by molar-refractivity contribution is 0.0618. The molecule has 1 fully saturated rings. The zero-order chi connectivity index (χ0) is 19.7.